The largest absolute Gasteiger partial charge is 0.481 e. The van der Waals surface area contributed by atoms with Crippen molar-refractivity contribution in [3.8, 4) is 0 Å². The van der Waals surface area contributed by atoms with Gasteiger partial charge in [-0.1, -0.05) is 30.6 Å². The summed E-state index contributed by atoms with van der Waals surface area (Å²) >= 11 is 1.12. The zero-order chi connectivity index (χ0) is 14.8. The molecule has 1 saturated carbocycles. The molecule has 0 aromatic carbocycles. The molecule has 1 aliphatic rings. The molecule has 1 aromatic rings. The van der Waals surface area contributed by atoms with Crippen molar-refractivity contribution in [2.45, 2.75) is 39.0 Å². The molecule has 20 heavy (non-hydrogen) atoms. The summed E-state index contributed by atoms with van der Waals surface area (Å²) in [4.78, 5) is 28.1. The normalized spacial score (nSPS) is 17.6. The quantitative estimate of drug-likeness (QED) is 0.786. The van der Waals surface area contributed by atoms with Crippen LogP contribution >= 0.6 is 11.3 Å². The van der Waals surface area contributed by atoms with Gasteiger partial charge in [-0.25, -0.2) is 4.98 Å². The molecule has 1 heterocycles. The Kier molecular flexibility index (Phi) is 4.27. The van der Waals surface area contributed by atoms with E-state index in [1.54, 1.807) is 6.92 Å². The van der Waals surface area contributed by atoms with Gasteiger partial charge in [-0.2, -0.15) is 0 Å². The zero-order valence-electron chi connectivity index (χ0n) is 11.4. The lowest BCUT2D eigenvalue weighted by atomic mass is 9.74. The number of aryl methyl sites for hydroxylation is 1. The second kappa shape index (κ2) is 5.78. The number of thiazole rings is 1. The van der Waals surface area contributed by atoms with E-state index in [1.807, 2.05) is 0 Å². The number of nitrogens with zero attached hydrogens (tertiary/aromatic N) is 1. The molecular weight excluding hydrogens is 278 g/mol. The van der Waals surface area contributed by atoms with E-state index in [4.69, 9.17) is 5.73 Å². The number of carboxylic acids is 1. The summed E-state index contributed by atoms with van der Waals surface area (Å²) in [6.07, 6.45) is 4.09. The Morgan fingerprint density at radius 3 is 2.55 bits per heavy atom. The maximum atomic E-state index is 12.1. The van der Waals surface area contributed by atoms with Gasteiger partial charge >= 0.3 is 5.97 Å². The standard InChI is InChI=1S/C13H19N3O3S/c1-8-9(20-12(14)16-8)10(17)15-7-13(11(18)19)5-3-2-4-6-13/h2-7H2,1H3,(H2,14,16)(H,15,17)(H,18,19). The minimum atomic E-state index is -0.821. The predicted octanol–water partition coefficient (Wildman–Crippen LogP) is 1.80. The van der Waals surface area contributed by atoms with Crippen molar-refractivity contribution in [2.24, 2.45) is 5.41 Å². The highest BCUT2D eigenvalue weighted by Gasteiger charge is 2.40. The Bertz CT molecular complexity index is 521. The van der Waals surface area contributed by atoms with Crippen molar-refractivity contribution >= 4 is 28.3 Å². The number of amides is 1. The van der Waals surface area contributed by atoms with Gasteiger partial charge in [-0.15, -0.1) is 0 Å². The van der Waals surface area contributed by atoms with Gasteiger partial charge < -0.3 is 16.2 Å². The van der Waals surface area contributed by atoms with Crippen LogP contribution in [0.4, 0.5) is 5.13 Å². The maximum Gasteiger partial charge on any atom is 0.311 e. The molecule has 1 fully saturated rings. The Morgan fingerprint density at radius 2 is 2.05 bits per heavy atom. The van der Waals surface area contributed by atoms with Crippen LogP contribution in [-0.4, -0.2) is 28.5 Å². The molecule has 2 rings (SSSR count). The summed E-state index contributed by atoms with van der Waals surface area (Å²) in [5.41, 5.74) is 5.32. The van der Waals surface area contributed by atoms with Crippen LogP contribution in [0.2, 0.25) is 0 Å². The molecule has 0 atom stereocenters. The number of anilines is 1. The predicted molar refractivity (Wildman–Crippen MR) is 76.8 cm³/mol. The summed E-state index contributed by atoms with van der Waals surface area (Å²) in [7, 11) is 0. The highest BCUT2D eigenvalue weighted by Crippen LogP contribution is 2.36. The van der Waals surface area contributed by atoms with Crippen molar-refractivity contribution < 1.29 is 14.7 Å². The van der Waals surface area contributed by atoms with Crippen molar-refractivity contribution in [1.29, 1.82) is 0 Å². The Balaban J connectivity index is 2.04. The van der Waals surface area contributed by atoms with Gasteiger partial charge in [-0.3, -0.25) is 9.59 Å². The molecule has 0 radical (unpaired) electrons. The van der Waals surface area contributed by atoms with Crippen molar-refractivity contribution in [2.75, 3.05) is 12.3 Å². The van der Waals surface area contributed by atoms with Crippen LogP contribution in [0.15, 0.2) is 0 Å². The fourth-order valence-electron chi connectivity index (χ4n) is 2.65. The number of hydrogen-bond donors (Lipinski definition) is 3. The lowest BCUT2D eigenvalue weighted by molar-refractivity contribution is -0.150. The van der Waals surface area contributed by atoms with Crippen molar-refractivity contribution in [3.63, 3.8) is 0 Å². The van der Waals surface area contributed by atoms with Gasteiger partial charge in [0.05, 0.1) is 11.1 Å². The van der Waals surface area contributed by atoms with Crippen LogP contribution < -0.4 is 11.1 Å². The third kappa shape index (κ3) is 2.92. The average Bonchev–Trinajstić information content (AvgIpc) is 2.76. The number of nitrogens with one attached hydrogen (secondary N) is 1. The molecule has 1 aliphatic carbocycles. The first kappa shape index (κ1) is 14.8. The zero-order valence-corrected chi connectivity index (χ0v) is 12.3. The molecule has 0 spiro atoms. The highest BCUT2D eigenvalue weighted by molar-refractivity contribution is 7.17. The van der Waals surface area contributed by atoms with Crippen molar-refractivity contribution in [3.05, 3.63) is 10.6 Å². The molecule has 1 aromatic heterocycles. The smallest absolute Gasteiger partial charge is 0.311 e. The van der Waals surface area contributed by atoms with Gasteiger partial charge in [0.15, 0.2) is 5.13 Å². The van der Waals surface area contributed by atoms with Crippen LogP contribution in [0.5, 0.6) is 0 Å². The molecule has 4 N–H and O–H groups in total. The monoisotopic (exact) mass is 297 g/mol. The lowest BCUT2D eigenvalue weighted by Gasteiger charge is -2.33. The second-order valence-electron chi connectivity index (χ2n) is 5.30. The number of aliphatic carboxylic acids is 1. The van der Waals surface area contributed by atoms with Crippen LogP contribution in [0.3, 0.4) is 0 Å². The van der Waals surface area contributed by atoms with E-state index in [2.05, 4.69) is 10.3 Å². The van der Waals surface area contributed by atoms with Gasteiger partial charge in [0.2, 0.25) is 0 Å². The number of nitrogens with two attached hydrogens (primary N) is 1. The van der Waals surface area contributed by atoms with Gasteiger partial charge in [0.25, 0.3) is 5.91 Å². The van der Waals surface area contributed by atoms with Crippen LogP contribution in [0.1, 0.15) is 47.5 Å². The lowest BCUT2D eigenvalue weighted by Crippen LogP contribution is -2.44. The number of carbonyl (C=O) groups excluding carboxylic acids is 1. The summed E-state index contributed by atoms with van der Waals surface area (Å²) in [5.74, 6) is -1.11. The van der Waals surface area contributed by atoms with Crippen molar-refractivity contribution in [1.82, 2.24) is 10.3 Å². The topological polar surface area (TPSA) is 105 Å². The third-order valence-corrected chi connectivity index (χ3v) is 4.86. The molecule has 110 valence electrons. The fraction of sp³-hybridized carbons (Fsp3) is 0.615. The summed E-state index contributed by atoms with van der Waals surface area (Å²) in [5, 5.41) is 12.5. The molecular formula is C13H19N3O3S. The van der Waals surface area contributed by atoms with Crippen LogP contribution in [0, 0.1) is 12.3 Å². The number of nitrogen functional groups attached to an aromatic ring is 1. The second-order valence-corrected chi connectivity index (χ2v) is 6.33. The minimum Gasteiger partial charge on any atom is -0.481 e. The van der Waals surface area contributed by atoms with E-state index in [-0.39, 0.29) is 12.5 Å². The first-order valence-electron chi connectivity index (χ1n) is 6.69. The molecule has 0 saturated heterocycles. The summed E-state index contributed by atoms with van der Waals surface area (Å²) < 4.78 is 0. The van der Waals surface area contributed by atoms with Gasteiger partial charge in [0, 0.05) is 6.54 Å². The molecule has 0 unspecified atom stereocenters. The average molecular weight is 297 g/mol. The molecule has 7 heteroatoms. The minimum absolute atomic E-state index is 0.165. The number of aromatic nitrogens is 1. The molecule has 0 bridgehead atoms. The molecule has 0 aliphatic heterocycles. The van der Waals surface area contributed by atoms with E-state index >= 15 is 0 Å². The van der Waals surface area contributed by atoms with E-state index < -0.39 is 11.4 Å². The fourth-order valence-corrected chi connectivity index (χ4v) is 3.40. The van der Waals surface area contributed by atoms with Crippen LogP contribution in [0.25, 0.3) is 0 Å². The molecule has 1 amide bonds. The van der Waals surface area contributed by atoms with Crippen LogP contribution in [-0.2, 0) is 4.79 Å². The van der Waals surface area contributed by atoms with E-state index in [1.165, 1.54) is 0 Å². The van der Waals surface area contributed by atoms with E-state index in [0.29, 0.717) is 28.5 Å². The third-order valence-electron chi connectivity index (χ3n) is 3.87. The summed E-state index contributed by atoms with van der Waals surface area (Å²) in [6, 6.07) is 0. The number of hydrogen-bond acceptors (Lipinski definition) is 5. The maximum absolute atomic E-state index is 12.1. The Labute approximate surface area is 121 Å². The first-order chi connectivity index (χ1) is 9.44. The van der Waals surface area contributed by atoms with Gasteiger partial charge in [0.1, 0.15) is 4.88 Å². The van der Waals surface area contributed by atoms with Gasteiger partial charge in [-0.05, 0) is 19.8 Å². The number of carboxylic acid groups (broad SMARTS) is 1. The Morgan fingerprint density at radius 1 is 1.40 bits per heavy atom. The number of rotatable bonds is 4. The van der Waals surface area contributed by atoms with E-state index in [0.717, 1.165) is 30.6 Å². The molecule has 6 nitrogen and oxygen atoms in total. The SMILES string of the molecule is Cc1nc(N)sc1C(=O)NCC1(C(=O)O)CCCCC1. The highest BCUT2D eigenvalue weighted by atomic mass is 32.1. The van der Waals surface area contributed by atoms with E-state index in [9.17, 15) is 14.7 Å². The number of carbonyl (C=O) groups is 2. The Hall–Kier alpha value is -1.63. The summed E-state index contributed by atoms with van der Waals surface area (Å²) in [6.45, 7) is 1.88. The first-order valence-corrected chi connectivity index (χ1v) is 7.51.